The number of methoxy groups -OCH3 is 1. The fourth-order valence-electron chi connectivity index (χ4n) is 1.37. The van der Waals surface area contributed by atoms with Crippen molar-refractivity contribution in [2.45, 2.75) is 19.1 Å². The van der Waals surface area contributed by atoms with Crippen molar-refractivity contribution >= 4 is 6.09 Å². The van der Waals surface area contributed by atoms with Crippen LogP contribution >= 0.6 is 0 Å². The molecule has 1 amide bonds. The Balaban J connectivity index is 2.45. The zero-order chi connectivity index (χ0) is 13.4. The number of nitrogens with one attached hydrogen (secondary N) is 1. The van der Waals surface area contributed by atoms with E-state index in [0.29, 0.717) is 0 Å². The molecule has 96 valence electrons. The van der Waals surface area contributed by atoms with Gasteiger partial charge in [-0.3, -0.25) is 0 Å². The van der Waals surface area contributed by atoms with Gasteiger partial charge >= 0.3 is 6.09 Å². The van der Waals surface area contributed by atoms with E-state index in [2.05, 4.69) is 5.32 Å². The summed E-state index contributed by atoms with van der Waals surface area (Å²) in [4.78, 5) is 11.5. The second-order valence-electron chi connectivity index (χ2n) is 4.06. The lowest BCUT2D eigenvalue weighted by atomic mass is 10.1. The molecule has 1 aromatic rings. The van der Waals surface area contributed by atoms with Crippen LogP contribution in [0.1, 0.15) is 12.5 Å². The fraction of sp³-hybridized carbons (Fsp3) is 0.385. The van der Waals surface area contributed by atoms with Crippen molar-refractivity contribution in [3.05, 3.63) is 35.9 Å². The average Bonchev–Trinajstić information content (AvgIpc) is 2.38. The third-order valence-corrected chi connectivity index (χ3v) is 2.27. The number of rotatable bonds is 5. The van der Waals surface area contributed by atoms with Crippen molar-refractivity contribution in [3.8, 4) is 6.07 Å². The summed E-state index contributed by atoms with van der Waals surface area (Å²) in [6, 6.07) is 11.3. The maximum absolute atomic E-state index is 11.5. The minimum Gasteiger partial charge on any atom is -0.445 e. The van der Waals surface area contributed by atoms with Gasteiger partial charge in [0.05, 0.1) is 12.7 Å². The second kappa shape index (κ2) is 6.62. The molecule has 0 aliphatic carbocycles. The summed E-state index contributed by atoms with van der Waals surface area (Å²) in [6.45, 7) is 1.84. The molecule has 1 unspecified atom stereocenters. The Kier molecular flexibility index (Phi) is 5.15. The van der Waals surface area contributed by atoms with Gasteiger partial charge in [0.2, 0.25) is 0 Å². The van der Waals surface area contributed by atoms with Gasteiger partial charge < -0.3 is 14.8 Å². The monoisotopic (exact) mass is 248 g/mol. The third kappa shape index (κ3) is 4.44. The van der Waals surface area contributed by atoms with E-state index in [4.69, 9.17) is 14.7 Å². The van der Waals surface area contributed by atoms with Crippen molar-refractivity contribution in [1.29, 1.82) is 5.26 Å². The number of nitrogens with zero attached hydrogens (tertiary/aromatic N) is 1. The molecule has 0 aliphatic heterocycles. The van der Waals surface area contributed by atoms with Gasteiger partial charge in [0, 0.05) is 7.11 Å². The Hall–Kier alpha value is -2.06. The lowest BCUT2D eigenvalue weighted by Crippen LogP contribution is -2.48. The molecular weight excluding hydrogens is 232 g/mol. The van der Waals surface area contributed by atoms with Gasteiger partial charge in [-0.25, -0.2) is 4.79 Å². The molecule has 0 spiro atoms. The van der Waals surface area contributed by atoms with Gasteiger partial charge in [0.15, 0.2) is 5.54 Å². The molecule has 0 saturated carbocycles. The zero-order valence-corrected chi connectivity index (χ0v) is 10.5. The number of carbonyl (C=O) groups is 1. The van der Waals surface area contributed by atoms with Crippen LogP contribution in [0.25, 0.3) is 0 Å². The predicted molar refractivity (Wildman–Crippen MR) is 65.7 cm³/mol. The Labute approximate surface area is 106 Å². The van der Waals surface area contributed by atoms with Crippen LogP contribution in [0.4, 0.5) is 4.79 Å². The predicted octanol–water partition coefficient (Wildman–Crippen LogP) is 1.84. The molecule has 1 rings (SSSR count). The highest BCUT2D eigenvalue weighted by Gasteiger charge is 2.26. The van der Waals surface area contributed by atoms with Gasteiger partial charge in [0.1, 0.15) is 6.61 Å². The lowest BCUT2D eigenvalue weighted by molar-refractivity contribution is 0.110. The number of hydrogen-bond acceptors (Lipinski definition) is 4. The third-order valence-electron chi connectivity index (χ3n) is 2.27. The van der Waals surface area contributed by atoms with Crippen LogP contribution in [0, 0.1) is 11.3 Å². The first-order valence-electron chi connectivity index (χ1n) is 5.49. The summed E-state index contributed by atoms with van der Waals surface area (Å²) in [5.41, 5.74) is -0.194. The van der Waals surface area contributed by atoms with E-state index in [1.807, 2.05) is 36.4 Å². The average molecular weight is 248 g/mol. The van der Waals surface area contributed by atoms with Crippen LogP contribution in [0.15, 0.2) is 30.3 Å². The first kappa shape index (κ1) is 14.0. The molecular formula is C13H16N2O3. The summed E-state index contributed by atoms with van der Waals surface area (Å²) >= 11 is 0. The summed E-state index contributed by atoms with van der Waals surface area (Å²) in [7, 11) is 1.46. The highest BCUT2D eigenvalue weighted by Crippen LogP contribution is 2.05. The SMILES string of the molecule is COCC(C)(C#N)NC(=O)OCc1ccccc1. The van der Waals surface area contributed by atoms with Crippen molar-refractivity contribution in [1.82, 2.24) is 5.32 Å². The van der Waals surface area contributed by atoms with E-state index in [1.165, 1.54) is 7.11 Å². The molecule has 5 nitrogen and oxygen atoms in total. The molecule has 1 N–H and O–H groups in total. The smallest absolute Gasteiger partial charge is 0.408 e. The standard InChI is InChI=1S/C13H16N2O3/c1-13(9-14,10-17-2)15-12(16)18-8-11-6-4-3-5-7-11/h3-7H,8,10H2,1-2H3,(H,15,16). The Morgan fingerprint density at radius 2 is 2.11 bits per heavy atom. The second-order valence-corrected chi connectivity index (χ2v) is 4.06. The summed E-state index contributed by atoms with van der Waals surface area (Å²) in [5, 5.41) is 11.4. The highest BCUT2D eigenvalue weighted by molar-refractivity contribution is 5.69. The summed E-state index contributed by atoms with van der Waals surface area (Å²) < 4.78 is 9.88. The number of hydrogen-bond donors (Lipinski definition) is 1. The Morgan fingerprint density at radius 3 is 2.67 bits per heavy atom. The molecule has 0 bridgehead atoms. The van der Waals surface area contributed by atoms with E-state index >= 15 is 0 Å². The number of nitriles is 1. The molecule has 5 heteroatoms. The molecule has 1 aromatic carbocycles. The van der Waals surface area contributed by atoms with E-state index in [-0.39, 0.29) is 13.2 Å². The molecule has 0 heterocycles. The van der Waals surface area contributed by atoms with Crippen LogP contribution < -0.4 is 5.32 Å². The minimum absolute atomic E-state index is 0.101. The van der Waals surface area contributed by atoms with E-state index in [1.54, 1.807) is 6.92 Å². The van der Waals surface area contributed by atoms with Crippen LogP contribution in [0.3, 0.4) is 0 Å². The van der Waals surface area contributed by atoms with Crippen molar-refractivity contribution in [2.24, 2.45) is 0 Å². The number of benzene rings is 1. The van der Waals surface area contributed by atoms with Crippen LogP contribution in [-0.2, 0) is 16.1 Å². The first-order valence-corrected chi connectivity index (χ1v) is 5.49. The quantitative estimate of drug-likeness (QED) is 0.863. The number of carbonyl (C=O) groups excluding carboxylic acids is 1. The summed E-state index contributed by atoms with van der Waals surface area (Å²) in [5.74, 6) is 0. The largest absolute Gasteiger partial charge is 0.445 e. The van der Waals surface area contributed by atoms with E-state index < -0.39 is 11.6 Å². The van der Waals surface area contributed by atoms with Crippen molar-refractivity contribution < 1.29 is 14.3 Å². The number of ether oxygens (including phenoxy) is 2. The van der Waals surface area contributed by atoms with Gasteiger partial charge in [0.25, 0.3) is 0 Å². The molecule has 1 atom stereocenters. The van der Waals surface area contributed by atoms with Crippen LogP contribution in [0.2, 0.25) is 0 Å². The molecule has 0 saturated heterocycles. The lowest BCUT2D eigenvalue weighted by Gasteiger charge is -2.21. The minimum atomic E-state index is -1.08. The zero-order valence-electron chi connectivity index (χ0n) is 10.5. The van der Waals surface area contributed by atoms with Crippen molar-refractivity contribution in [3.63, 3.8) is 0 Å². The van der Waals surface area contributed by atoms with Crippen LogP contribution in [-0.4, -0.2) is 25.3 Å². The number of amides is 1. The van der Waals surface area contributed by atoms with E-state index in [9.17, 15) is 4.79 Å². The molecule has 18 heavy (non-hydrogen) atoms. The van der Waals surface area contributed by atoms with Gasteiger partial charge in [-0.1, -0.05) is 30.3 Å². The molecule has 0 radical (unpaired) electrons. The van der Waals surface area contributed by atoms with Gasteiger partial charge in [-0.05, 0) is 12.5 Å². The molecule has 0 aliphatic rings. The molecule has 0 aromatic heterocycles. The normalized spacial score (nSPS) is 13.2. The highest BCUT2D eigenvalue weighted by atomic mass is 16.5. The maximum atomic E-state index is 11.5. The Bertz CT molecular complexity index is 428. The van der Waals surface area contributed by atoms with E-state index in [0.717, 1.165) is 5.56 Å². The van der Waals surface area contributed by atoms with Gasteiger partial charge in [-0.15, -0.1) is 0 Å². The van der Waals surface area contributed by atoms with Crippen molar-refractivity contribution in [2.75, 3.05) is 13.7 Å². The van der Waals surface area contributed by atoms with Gasteiger partial charge in [-0.2, -0.15) is 5.26 Å². The maximum Gasteiger partial charge on any atom is 0.408 e. The first-order chi connectivity index (χ1) is 8.59. The van der Waals surface area contributed by atoms with Crippen LogP contribution in [0.5, 0.6) is 0 Å². The summed E-state index contributed by atoms with van der Waals surface area (Å²) in [6.07, 6.45) is -0.639. The topological polar surface area (TPSA) is 71.3 Å². The Morgan fingerprint density at radius 1 is 1.44 bits per heavy atom. The number of alkyl carbamates (subject to hydrolysis) is 1. The molecule has 0 fully saturated rings. The fourth-order valence-corrected chi connectivity index (χ4v) is 1.37.